The second-order valence-electron chi connectivity index (χ2n) is 7.04. The molecule has 0 aromatic rings. The highest BCUT2D eigenvalue weighted by Crippen LogP contribution is 2.45. The van der Waals surface area contributed by atoms with Gasteiger partial charge >= 0.3 is 0 Å². The van der Waals surface area contributed by atoms with Gasteiger partial charge in [-0.1, -0.05) is 51.9 Å². The molecule has 0 N–H and O–H groups in total. The highest BCUT2D eigenvalue weighted by Gasteiger charge is 2.35. The summed E-state index contributed by atoms with van der Waals surface area (Å²) < 4.78 is 0. The molecule has 0 bridgehead atoms. The van der Waals surface area contributed by atoms with Gasteiger partial charge in [-0.15, -0.1) is 0 Å². The maximum absolute atomic E-state index is 9.07. The molecule has 0 radical (unpaired) electrons. The number of unbranched alkanes of at least 4 members (excludes halogenated alkanes) is 4. The minimum atomic E-state index is 0.381. The van der Waals surface area contributed by atoms with E-state index in [-0.39, 0.29) is 0 Å². The second-order valence-corrected chi connectivity index (χ2v) is 7.04. The molecule has 0 aromatic carbocycles. The summed E-state index contributed by atoms with van der Waals surface area (Å²) in [6.07, 6.45) is 16.7. The third kappa shape index (κ3) is 4.51. The summed E-state index contributed by atoms with van der Waals surface area (Å²) in [7, 11) is 0. The van der Waals surface area contributed by atoms with Crippen molar-refractivity contribution in [1.29, 1.82) is 5.26 Å². The molecule has 4 atom stereocenters. The van der Waals surface area contributed by atoms with Gasteiger partial charge in [0.05, 0.1) is 6.07 Å². The standard InChI is InChI=1S/C18H31N/c1-2-3-4-5-6-7-15-8-10-18-13-16(14-19)9-11-17(18)12-15/h15-18H,2-13H2,1H3/t15?,16-,17-,18?/m1/s1. The summed E-state index contributed by atoms with van der Waals surface area (Å²) in [5.41, 5.74) is 0. The van der Waals surface area contributed by atoms with Crippen molar-refractivity contribution in [2.75, 3.05) is 0 Å². The topological polar surface area (TPSA) is 23.8 Å². The van der Waals surface area contributed by atoms with Crippen LogP contribution in [0.2, 0.25) is 0 Å². The van der Waals surface area contributed by atoms with Gasteiger partial charge in [0.15, 0.2) is 0 Å². The Hall–Kier alpha value is -0.510. The second kappa shape index (κ2) is 7.93. The van der Waals surface area contributed by atoms with E-state index in [0.29, 0.717) is 5.92 Å². The fourth-order valence-electron chi connectivity index (χ4n) is 4.40. The smallest absolute Gasteiger partial charge is 0.0655 e. The molecule has 0 heterocycles. The maximum atomic E-state index is 9.07. The van der Waals surface area contributed by atoms with E-state index in [9.17, 15) is 0 Å². The number of rotatable bonds is 6. The molecule has 1 heteroatoms. The molecule has 0 aliphatic heterocycles. The average molecular weight is 261 g/mol. The van der Waals surface area contributed by atoms with E-state index in [2.05, 4.69) is 13.0 Å². The molecule has 2 unspecified atom stereocenters. The van der Waals surface area contributed by atoms with Crippen molar-refractivity contribution < 1.29 is 0 Å². The fourth-order valence-corrected chi connectivity index (χ4v) is 4.40. The van der Waals surface area contributed by atoms with E-state index in [1.165, 1.54) is 77.0 Å². The van der Waals surface area contributed by atoms with Gasteiger partial charge in [-0.05, 0) is 49.9 Å². The zero-order valence-electron chi connectivity index (χ0n) is 12.7. The Bertz CT molecular complexity index is 291. The lowest BCUT2D eigenvalue weighted by Crippen LogP contribution is -2.30. The van der Waals surface area contributed by atoms with E-state index in [4.69, 9.17) is 5.26 Å². The number of nitriles is 1. The van der Waals surface area contributed by atoms with Gasteiger partial charge in [-0.2, -0.15) is 5.26 Å². The molecule has 2 fully saturated rings. The SMILES string of the molecule is CCCCCCCC1CCC2C[C@H](C#N)CC[C@@H]2C1. The first kappa shape index (κ1) is 14.9. The summed E-state index contributed by atoms with van der Waals surface area (Å²) in [6.45, 7) is 2.29. The van der Waals surface area contributed by atoms with E-state index < -0.39 is 0 Å². The molecular formula is C18H31N. The molecule has 0 spiro atoms. The van der Waals surface area contributed by atoms with Gasteiger partial charge in [0.1, 0.15) is 0 Å². The van der Waals surface area contributed by atoms with Crippen LogP contribution in [-0.4, -0.2) is 0 Å². The summed E-state index contributed by atoms with van der Waals surface area (Å²) in [4.78, 5) is 0. The zero-order valence-corrected chi connectivity index (χ0v) is 12.7. The van der Waals surface area contributed by atoms with Crippen molar-refractivity contribution >= 4 is 0 Å². The molecule has 2 saturated carbocycles. The van der Waals surface area contributed by atoms with Crippen LogP contribution in [0.5, 0.6) is 0 Å². The lowest BCUT2D eigenvalue weighted by Gasteiger charge is -2.40. The Kier molecular flexibility index (Phi) is 6.21. The Morgan fingerprint density at radius 1 is 0.895 bits per heavy atom. The molecule has 2 aliphatic rings. The van der Waals surface area contributed by atoms with E-state index >= 15 is 0 Å². The molecule has 0 aromatic heterocycles. The normalized spacial score (nSPS) is 34.5. The first-order valence-corrected chi connectivity index (χ1v) is 8.73. The van der Waals surface area contributed by atoms with Crippen molar-refractivity contribution in [3.63, 3.8) is 0 Å². The molecule has 0 amide bonds. The van der Waals surface area contributed by atoms with Crippen LogP contribution in [-0.2, 0) is 0 Å². The van der Waals surface area contributed by atoms with Crippen molar-refractivity contribution in [1.82, 2.24) is 0 Å². The minimum Gasteiger partial charge on any atom is -0.198 e. The molecule has 19 heavy (non-hydrogen) atoms. The Labute approximate surface area is 119 Å². The molecule has 2 rings (SSSR count). The van der Waals surface area contributed by atoms with Crippen molar-refractivity contribution in [2.45, 2.75) is 84.0 Å². The van der Waals surface area contributed by atoms with Crippen molar-refractivity contribution in [3.05, 3.63) is 0 Å². The molecular weight excluding hydrogens is 230 g/mol. The van der Waals surface area contributed by atoms with Crippen molar-refractivity contribution in [3.8, 4) is 6.07 Å². The predicted molar refractivity (Wildman–Crippen MR) is 80.7 cm³/mol. The number of hydrogen-bond acceptors (Lipinski definition) is 1. The van der Waals surface area contributed by atoms with E-state index in [0.717, 1.165) is 17.8 Å². The Balaban J connectivity index is 1.64. The van der Waals surface area contributed by atoms with Crippen LogP contribution in [0.3, 0.4) is 0 Å². The Morgan fingerprint density at radius 2 is 1.63 bits per heavy atom. The highest BCUT2D eigenvalue weighted by atomic mass is 14.4. The van der Waals surface area contributed by atoms with Gasteiger partial charge in [0.25, 0.3) is 0 Å². The van der Waals surface area contributed by atoms with Crippen LogP contribution in [0, 0.1) is 35.0 Å². The monoisotopic (exact) mass is 261 g/mol. The van der Waals surface area contributed by atoms with Crippen LogP contribution in [0.25, 0.3) is 0 Å². The largest absolute Gasteiger partial charge is 0.198 e. The van der Waals surface area contributed by atoms with Gasteiger partial charge < -0.3 is 0 Å². The molecule has 2 aliphatic carbocycles. The van der Waals surface area contributed by atoms with E-state index in [1.54, 1.807) is 0 Å². The minimum absolute atomic E-state index is 0.381. The lowest BCUT2D eigenvalue weighted by molar-refractivity contribution is 0.108. The van der Waals surface area contributed by atoms with Crippen LogP contribution < -0.4 is 0 Å². The number of nitrogens with zero attached hydrogens (tertiary/aromatic N) is 1. The summed E-state index contributed by atoms with van der Waals surface area (Å²) >= 11 is 0. The van der Waals surface area contributed by atoms with E-state index in [1.807, 2.05) is 0 Å². The summed E-state index contributed by atoms with van der Waals surface area (Å²) in [6, 6.07) is 2.50. The molecule has 108 valence electrons. The van der Waals surface area contributed by atoms with Crippen LogP contribution in [0.1, 0.15) is 84.0 Å². The third-order valence-electron chi connectivity index (χ3n) is 5.62. The van der Waals surface area contributed by atoms with Gasteiger partial charge in [-0.3, -0.25) is 0 Å². The fraction of sp³-hybridized carbons (Fsp3) is 0.944. The number of fused-ring (bicyclic) bond motifs is 1. The van der Waals surface area contributed by atoms with Crippen LogP contribution >= 0.6 is 0 Å². The molecule has 1 nitrogen and oxygen atoms in total. The highest BCUT2D eigenvalue weighted by molar-refractivity contribution is 4.93. The van der Waals surface area contributed by atoms with Crippen LogP contribution in [0.15, 0.2) is 0 Å². The summed E-state index contributed by atoms with van der Waals surface area (Å²) in [5, 5.41) is 9.07. The first-order chi connectivity index (χ1) is 9.33. The Morgan fingerprint density at radius 3 is 2.42 bits per heavy atom. The van der Waals surface area contributed by atoms with Gasteiger partial charge in [0.2, 0.25) is 0 Å². The van der Waals surface area contributed by atoms with Gasteiger partial charge in [0, 0.05) is 5.92 Å². The quantitative estimate of drug-likeness (QED) is 0.562. The predicted octanol–water partition coefficient (Wildman–Crippen LogP) is 5.70. The third-order valence-corrected chi connectivity index (χ3v) is 5.62. The maximum Gasteiger partial charge on any atom is 0.0655 e. The summed E-state index contributed by atoms with van der Waals surface area (Å²) in [5.74, 6) is 3.27. The molecule has 0 saturated heterocycles. The first-order valence-electron chi connectivity index (χ1n) is 8.73. The number of hydrogen-bond donors (Lipinski definition) is 0. The van der Waals surface area contributed by atoms with Crippen molar-refractivity contribution in [2.24, 2.45) is 23.7 Å². The average Bonchev–Trinajstić information content (AvgIpc) is 2.46. The van der Waals surface area contributed by atoms with Crippen LogP contribution in [0.4, 0.5) is 0 Å². The van der Waals surface area contributed by atoms with Gasteiger partial charge in [-0.25, -0.2) is 0 Å². The zero-order chi connectivity index (χ0) is 13.5. The lowest BCUT2D eigenvalue weighted by atomic mass is 9.64.